The Balaban J connectivity index is 0.00000180. The van der Waals surface area contributed by atoms with Gasteiger partial charge >= 0.3 is 0 Å². The molecule has 1 heterocycles. The van der Waals surface area contributed by atoms with Gasteiger partial charge in [-0.1, -0.05) is 17.7 Å². The van der Waals surface area contributed by atoms with E-state index in [1.54, 1.807) is 12.1 Å². The molecule has 0 radical (unpaired) electrons. The van der Waals surface area contributed by atoms with Gasteiger partial charge in [0.25, 0.3) is 0 Å². The molecule has 0 saturated carbocycles. The summed E-state index contributed by atoms with van der Waals surface area (Å²) in [6, 6.07) is 7.43. The molecule has 1 fully saturated rings. The number of halogens is 2. The van der Waals surface area contributed by atoms with Crippen LogP contribution in [0.1, 0.15) is 12.8 Å². The van der Waals surface area contributed by atoms with Gasteiger partial charge in [0.15, 0.2) is 0 Å². The van der Waals surface area contributed by atoms with Gasteiger partial charge in [-0.25, -0.2) is 0 Å². The Morgan fingerprint density at radius 1 is 1.53 bits per heavy atom. The minimum Gasteiger partial charge on any atom is -0.326 e. The number of anilines is 1. The van der Waals surface area contributed by atoms with E-state index in [1.165, 1.54) is 0 Å². The Bertz CT molecular complexity index is 428. The molecule has 6 heteroatoms. The summed E-state index contributed by atoms with van der Waals surface area (Å²) in [6.07, 6.45) is 1.51. The number of nitrogens with one attached hydrogen (secondary N) is 1. The smallest absolute Gasteiger partial charge is 0.225 e. The SMILES string of the molecule is Cl.N[C@@H]1CCN(CCC(=O)Nc2cccc(Cl)c2)C1. The lowest BCUT2D eigenvalue weighted by atomic mass is 10.3. The van der Waals surface area contributed by atoms with Crippen LogP contribution < -0.4 is 11.1 Å². The number of benzene rings is 1. The van der Waals surface area contributed by atoms with E-state index in [1.807, 2.05) is 12.1 Å². The van der Waals surface area contributed by atoms with Gasteiger partial charge in [0.1, 0.15) is 0 Å². The first kappa shape index (κ1) is 16.2. The largest absolute Gasteiger partial charge is 0.326 e. The minimum atomic E-state index is 0. The van der Waals surface area contributed by atoms with Crippen LogP contribution in [0, 0.1) is 0 Å². The zero-order valence-corrected chi connectivity index (χ0v) is 12.2. The van der Waals surface area contributed by atoms with E-state index in [0.717, 1.165) is 31.7 Å². The predicted molar refractivity (Wildman–Crippen MR) is 81.0 cm³/mol. The zero-order valence-electron chi connectivity index (χ0n) is 10.6. The highest BCUT2D eigenvalue weighted by molar-refractivity contribution is 6.30. The summed E-state index contributed by atoms with van der Waals surface area (Å²) >= 11 is 5.85. The summed E-state index contributed by atoms with van der Waals surface area (Å²) in [4.78, 5) is 14.0. The number of hydrogen-bond donors (Lipinski definition) is 2. The van der Waals surface area contributed by atoms with Gasteiger partial charge in [-0.05, 0) is 31.2 Å². The molecular weight excluding hydrogens is 285 g/mol. The van der Waals surface area contributed by atoms with Gasteiger partial charge in [-0.3, -0.25) is 4.79 Å². The minimum absolute atomic E-state index is 0. The molecule has 0 spiro atoms. The summed E-state index contributed by atoms with van der Waals surface area (Å²) in [5.41, 5.74) is 6.56. The number of likely N-dealkylation sites (tertiary alicyclic amines) is 1. The number of hydrogen-bond acceptors (Lipinski definition) is 3. The van der Waals surface area contributed by atoms with Crippen molar-refractivity contribution in [3.8, 4) is 0 Å². The van der Waals surface area contributed by atoms with Gasteiger partial charge in [0.05, 0.1) is 0 Å². The van der Waals surface area contributed by atoms with Crippen molar-refractivity contribution >= 4 is 35.6 Å². The Hall–Kier alpha value is -0.810. The molecule has 0 aromatic heterocycles. The van der Waals surface area contributed by atoms with E-state index in [4.69, 9.17) is 17.3 Å². The molecule has 1 aliphatic heterocycles. The normalized spacial score (nSPS) is 18.9. The fraction of sp³-hybridized carbons (Fsp3) is 0.462. The fourth-order valence-electron chi connectivity index (χ4n) is 2.12. The van der Waals surface area contributed by atoms with E-state index in [0.29, 0.717) is 11.4 Å². The highest BCUT2D eigenvalue weighted by Gasteiger charge is 2.19. The lowest BCUT2D eigenvalue weighted by molar-refractivity contribution is -0.116. The van der Waals surface area contributed by atoms with Crippen LogP contribution in [-0.2, 0) is 4.79 Å². The molecule has 19 heavy (non-hydrogen) atoms. The molecule has 1 aromatic rings. The molecule has 1 atom stereocenters. The van der Waals surface area contributed by atoms with Gasteiger partial charge in [-0.2, -0.15) is 0 Å². The monoisotopic (exact) mass is 303 g/mol. The van der Waals surface area contributed by atoms with Crippen molar-refractivity contribution in [2.45, 2.75) is 18.9 Å². The van der Waals surface area contributed by atoms with Crippen molar-refractivity contribution in [3.05, 3.63) is 29.3 Å². The van der Waals surface area contributed by atoms with E-state index < -0.39 is 0 Å². The number of nitrogens with two attached hydrogens (primary N) is 1. The quantitative estimate of drug-likeness (QED) is 0.896. The van der Waals surface area contributed by atoms with Gasteiger partial charge in [-0.15, -0.1) is 12.4 Å². The second-order valence-electron chi connectivity index (χ2n) is 4.66. The Kier molecular flexibility index (Phi) is 6.58. The highest BCUT2D eigenvalue weighted by atomic mass is 35.5. The van der Waals surface area contributed by atoms with Crippen LogP contribution >= 0.6 is 24.0 Å². The second-order valence-corrected chi connectivity index (χ2v) is 5.09. The van der Waals surface area contributed by atoms with Crippen LogP contribution in [0.5, 0.6) is 0 Å². The Labute approximate surface area is 124 Å². The fourth-order valence-corrected chi connectivity index (χ4v) is 2.31. The first-order valence-corrected chi connectivity index (χ1v) is 6.54. The zero-order chi connectivity index (χ0) is 13.0. The molecule has 3 N–H and O–H groups in total. The molecule has 1 amide bonds. The van der Waals surface area contributed by atoms with E-state index in [2.05, 4.69) is 10.2 Å². The molecule has 1 aliphatic rings. The average Bonchev–Trinajstić information content (AvgIpc) is 2.73. The number of carbonyl (C=O) groups is 1. The van der Waals surface area contributed by atoms with Crippen LogP contribution in [0.3, 0.4) is 0 Å². The van der Waals surface area contributed by atoms with Crippen molar-refractivity contribution in [2.75, 3.05) is 25.0 Å². The van der Waals surface area contributed by atoms with Gasteiger partial charge in [0, 0.05) is 36.3 Å². The van der Waals surface area contributed by atoms with Crippen molar-refractivity contribution in [3.63, 3.8) is 0 Å². The molecule has 4 nitrogen and oxygen atoms in total. The maximum Gasteiger partial charge on any atom is 0.225 e. The number of nitrogens with zero attached hydrogens (tertiary/aromatic N) is 1. The van der Waals surface area contributed by atoms with E-state index >= 15 is 0 Å². The Morgan fingerprint density at radius 3 is 2.95 bits per heavy atom. The van der Waals surface area contributed by atoms with Crippen molar-refractivity contribution < 1.29 is 4.79 Å². The summed E-state index contributed by atoms with van der Waals surface area (Å²) in [5, 5.41) is 3.46. The Morgan fingerprint density at radius 2 is 2.32 bits per heavy atom. The highest BCUT2D eigenvalue weighted by Crippen LogP contribution is 2.15. The first-order valence-electron chi connectivity index (χ1n) is 6.17. The average molecular weight is 304 g/mol. The first-order chi connectivity index (χ1) is 8.63. The summed E-state index contributed by atoms with van der Waals surface area (Å²) in [6.45, 7) is 2.65. The molecule has 0 aliphatic carbocycles. The maximum absolute atomic E-state index is 11.7. The van der Waals surface area contributed by atoms with Crippen LogP contribution in [0.4, 0.5) is 5.69 Å². The van der Waals surface area contributed by atoms with Crippen molar-refractivity contribution in [1.29, 1.82) is 0 Å². The lowest BCUT2D eigenvalue weighted by Gasteiger charge is -2.14. The summed E-state index contributed by atoms with van der Waals surface area (Å²) in [5.74, 6) is 0.0118. The standard InChI is InChI=1S/C13H18ClN3O.ClH/c14-10-2-1-3-12(8-10)16-13(18)5-7-17-6-4-11(15)9-17;/h1-3,8,11H,4-7,9,15H2,(H,16,18);1H/t11-;/m1./s1. The van der Waals surface area contributed by atoms with Crippen LogP contribution in [-0.4, -0.2) is 36.5 Å². The predicted octanol–water partition coefficient (Wildman–Crippen LogP) is 2.12. The van der Waals surface area contributed by atoms with E-state index in [9.17, 15) is 4.79 Å². The van der Waals surface area contributed by atoms with E-state index in [-0.39, 0.29) is 24.4 Å². The molecule has 0 bridgehead atoms. The molecule has 1 saturated heterocycles. The van der Waals surface area contributed by atoms with Crippen molar-refractivity contribution in [2.24, 2.45) is 5.73 Å². The summed E-state index contributed by atoms with van der Waals surface area (Å²) < 4.78 is 0. The lowest BCUT2D eigenvalue weighted by Crippen LogP contribution is -2.29. The molecular formula is C13H19Cl2N3O. The molecule has 0 unspecified atom stereocenters. The van der Waals surface area contributed by atoms with Crippen LogP contribution in [0.2, 0.25) is 5.02 Å². The number of carbonyl (C=O) groups excluding carboxylic acids is 1. The third kappa shape index (κ3) is 5.37. The van der Waals surface area contributed by atoms with Gasteiger partial charge in [0.2, 0.25) is 5.91 Å². The molecule has 2 rings (SSSR count). The second kappa shape index (κ2) is 7.70. The summed E-state index contributed by atoms with van der Waals surface area (Å²) in [7, 11) is 0. The molecule has 106 valence electrons. The number of amides is 1. The topological polar surface area (TPSA) is 58.4 Å². The molecule has 1 aromatic carbocycles. The third-order valence-corrected chi connectivity index (χ3v) is 3.31. The maximum atomic E-state index is 11.7. The van der Waals surface area contributed by atoms with Crippen LogP contribution in [0.15, 0.2) is 24.3 Å². The number of rotatable bonds is 4. The van der Waals surface area contributed by atoms with Crippen molar-refractivity contribution in [1.82, 2.24) is 4.90 Å². The van der Waals surface area contributed by atoms with Crippen LogP contribution in [0.25, 0.3) is 0 Å². The van der Waals surface area contributed by atoms with Gasteiger partial charge < -0.3 is 16.0 Å². The third-order valence-electron chi connectivity index (χ3n) is 3.07.